The van der Waals surface area contributed by atoms with Crippen molar-refractivity contribution in [3.63, 3.8) is 0 Å². The third kappa shape index (κ3) is 4.09. The predicted molar refractivity (Wildman–Crippen MR) is 112 cm³/mol. The van der Waals surface area contributed by atoms with Gasteiger partial charge in [-0.05, 0) is 30.3 Å². The molecule has 9 heteroatoms. The summed E-state index contributed by atoms with van der Waals surface area (Å²) in [7, 11) is 0. The van der Waals surface area contributed by atoms with Gasteiger partial charge < -0.3 is 10.2 Å². The molecule has 3 aromatic rings. The molecular weight excluding hydrogens is 435 g/mol. The van der Waals surface area contributed by atoms with Crippen LogP contribution in [0.25, 0.3) is 5.69 Å². The van der Waals surface area contributed by atoms with Crippen molar-refractivity contribution < 1.29 is 13.6 Å². The fraction of sp³-hybridized carbons (Fsp3) is 0.143. The van der Waals surface area contributed by atoms with E-state index < -0.39 is 17.2 Å². The average molecular weight is 450 g/mol. The summed E-state index contributed by atoms with van der Waals surface area (Å²) in [6.45, 7) is 1.22. The predicted octanol–water partition coefficient (Wildman–Crippen LogP) is 4.16. The second kappa shape index (κ2) is 8.55. The minimum absolute atomic E-state index is 0.0270. The van der Waals surface area contributed by atoms with Crippen LogP contribution in [0.3, 0.4) is 0 Å². The van der Waals surface area contributed by atoms with Gasteiger partial charge in [0.2, 0.25) is 0 Å². The number of halogens is 4. The molecule has 30 heavy (non-hydrogen) atoms. The number of nitrogens with zero attached hydrogens (tertiary/aromatic N) is 2. The summed E-state index contributed by atoms with van der Waals surface area (Å²) in [5.41, 5.74) is 0.395. The van der Waals surface area contributed by atoms with Gasteiger partial charge in [0, 0.05) is 42.5 Å². The second-order valence-corrected chi connectivity index (χ2v) is 7.46. The van der Waals surface area contributed by atoms with Gasteiger partial charge >= 0.3 is 0 Å². The van der Waals surface area contributed by atoms with Gasteiger partial charge in [0.25, 0.3) is 5.56 Å². The Hall–Kier alpha value is -2.74. The van der Waals surface area contributed by atoms with Crippen molar-refractivity contribution >= 4 is 28.9 Å². The third-order valence-electron chi connectivity index (χ3n) is 4.59. The number of para-hydroxylation sites is 1. The molecule has 0 bridgehead atoms. The number of pyridine rings is 1. The van der Waals surface area contributed by atoms with Crippen LogP contribution < -0.4 is 10.9 Å². The summed E-state index contributed by atoms with van der Waals surface area (Å²) in [5, 5.41) is 7.70. The molecule has 0 amide bonds. The van der Waals surface area contributed by atoms with Gasteiger partial charge in [0.1, 0.15) is 17.3 Å². The molecule has 1 fully saturated rings. The van der Waals surface area contributed by atoms with Gasteiger partial charge in [0.15, 0.2) is 6.10 Å². The molecule has 0 radical (unpaired) electrons. The highest BCUT2D eigenvalue weighted by Gasteiger charge is 2.21. The quantitative estimate of drug-likeness (QED) is 0.469. The first kappa shape index (κ1) is 20.5. The first-order valence-corrected chi connectivity index (χ1v) is 9.77. The van der Waals surface area contributed by atoms with E-state index in [4.69, 9.17) is 28.0 Å². The highest BCUT2D eigenvalue weighted by atomic mass is 35.5. The minimum atomic E-state index is -0.808. The van der Waals surface area contributed by atoms with Crippen LogP contribution in [0.15, 0.2) is 64.7 Å². The lowest BCUT2D eigenvalue weighted by Crippen LogP contribution is -2.47. The van der Waals surface area contributed by atoms with E-state index in [1.807, 2.05) is 0 Å². The maximum absolute atomic E-state index is 14.5. The van der Waals surface area contributed by atoms with E-state index in [2.05, 4.69) is 10.5 Å². The molecule has 0 spiro atoms. The molecule has 2 heterocycles. The van der Waals surface area contributed by atoms with Gasteiger partial charge in [-0.3, -0.25) is 9.36 Å². The molecule has 2 aromatic carbocycles. The van der Waals surface area contributed by atoms with Crippen molar-refractivity contribution in [2.24, 2.45) is 5.16 Å². The number of benzene rings is 2. The summed E-state index contributed by atoms with van der Waals surface area (Å²) in [4.78, 5) is 18.0. The van der Waals surface area contributed by atoms with Crippen LogP contribution in [0.2, 0.25) is 10.0 Å². The summed E-state index contributed by atoms with van der Waals surface area (Å²) in [5.74, 6) is -1.52. The fourth-order valence-electron chi connectivity index (χ4n) is 2.92. The summed E-state index contributed by atoms with van der Waals surface area (Å²) in [6.07, 6.45) is 1.28. The van der Waals surface area contributed by atoms with Crippen molar-refractivity contribution in [2.75, 3.05) is 13.1 Å². The molecule has 1 N–H and O–H groups in total. The lowest BCUT2D eigenvalue weighted by Gasteiger charge is -2.25. The maximum atomic E-state index is 14.5. The van der Waals surface area contributed by atoms with Crippen molar-refractivity contribution in [1.82, 2.24) is 9.88 Å². The zero-order valence-corrected chi connectivity index (χ0v) is 16.9. The topological polar surface area (TPSA) is 55.6 Å². The largest absolute Gasteiger partial charge is 0.389 e. The zero-order chi connectivity index (χ0) is 21.3. The van der Waals surface area contributed by atoms with Crippen molar-refractivity contribution in [1.29, 1.82) is 0 Å². The SMILES string of the molecule is O=c1ccc(C(=NOC2CNC2)c2ccc(F)cc2F)cn1-c1c(Cl)cccc1Cl. The molecule has 0 atom stereocenters. The monoisotopic (exact) mass is 449 g/mol. The van der Waals surface area contributed by atoms with E-state index in [0.717, 1.165) is 12.1 Å². The van der Waals surface area contributed by atoms with E-state index >= 15 is 0 Å². The van der Waals surface area contributed by atoms with Crippen molar-refractivity contribution in [3.05, 3.63) is 97.9 Å². The van der Waals surface area contributed by atoms with Gasteiger partial charge in [-0.15, -0.1) is 0 Å². The van der Waals surface area contributed by atoms with Crippen LogP contribution in [0.1, 0.15) is 11.1 Å². The molecule has 154 valence electrons. The van der Waals surface area contributed by atoms with E-state index in [-0.39, 0.29) is 33.1 Å². The Kier molecular flexibility index (Phi) is 5.85. The second-order valence-electron chi connectivity index (χ2n) is 6.65. The molecule has 0 unspecified atom stereocenters. The molecule has 1 saturated heterocycles. The Morgan fingerprint density at radius 3 is 2.47 bits per heavy atom. The number of oxime groups is 1. The number of nitrogens with one attached hydrogen (secondary N) is 1. The lowest BCUT2D eigenvalue weighted by molar-refractivity contribution is 0.0233. The summed E-state index contributed by atoms with van der Waals surface area (Å²) >= 11 is 12.5. The van der Waals surface area contributed by atoms with Crippen LogP contribution in [0.5, 0.6) is 0 Å². The molecule has 1 aromatic heterocycles. The smallest absolute Gasteiger partial charge is 0.255 e. The Labute approximate surface area is 180 Å². The third-order valence-corrected chi connectivity index (χ3v) is 5.20. The summed E-state index contributed by atoms with van der Waals surface area (Å²) in [6, 6.07) is 10.8. The van der Waals surface area contributed by atoms with Crippen LogP contribution >= 0.6 is 23.2 Å². The molecular formula is C21H15Cl2F2N3O2. The van der Waals surface area contributed by atoms with Gasteiger partial charge in [0.05, 0.1) is 15.7 Å². The Morgan fingerprint density at radius 2 is 1.83 bits per heavy atom. The van der Waals surface area contributed by atoms with Crippen LogP contribution in [0, 0.1) is 11.6 Å². The van der Waals surface area contributed by atoms with Gasteiger partial charge in [-0.1, -0.05) is 34.4 Å². The zero-order valence-electron chi connectivity index (χ0n) is 15.4. The van der Waals surface area contributed by atoms with E-state index in [1.165, 1.54) is 29.0 Å². The fourth-order valence-corrected chi connectivity index (χ4v) is 3.50. The molecule has 4 rings (SSSR count). The maximum Gasteiger partial charge on any atom is 0.255 e. The highest BCUT2D eigenvalue weighted by Crippen LogP contribution is 2.28. The number of rotatable bonds is 5. The molecule has 5 nitrogen and oxygen atoms in total. The van der Waals surface area contributed by atoms with Crippen molar-refractivity contribution in [2.45, 2.75) is 6.10 Å². The van der Waals surface area contributed by atoms with Gasteiger partial charge in [-0.25, -0.2) is 8.78 Å². The minimum Gasteiger partial charge on any atom is -0.389 e. The number of hydrogen-bond acceptors (Lipinski definition) is 4. The molecule has 0 saturated carbocycles. The standard InChI is InChI=1S/C21H15Cl2F2N3O2/c22-16-2-1-3-17(23)21(16)28-11-12(4-7-19(28)29)20(27-30-14-9-26-10-14)15-6-5-13(24)8-18(15)25/h1-8,11,14,26H,9-10H2. The first-order valence-electron chi connectivity index (χ1n) is 9.01. The number of hydrogen-bond donors (Lipinski definition) is 1. The normalized spacial score (nSPS) is 14.5. The van der Waals surface area contributed by atoms with E-state index in [9.17, 15) is 13.6 Å². The van der Waals surface area contributed by atoms with E-state index in [0.29, 0.717) is 18.7 Å². The highest BCUT2D eigenvalue weighted by molar-refractivity contribution is 6.37. The Bertz CT molecular complexity index is 1170. The van der Waals surface area contributed by atoms with Crippen LogP contribution in [0.4, 0.5) is 8.78 Å². The first-order chi connectivity index (χ1) is 14.4. The van der Waals surface area contributed by atoms with Crippen molar-refractivity contribution in [3.8, 4) is 5.69 Å². The molecule has 1 aliphatic rings. The Balaban J connectivity index is 1.86. The number of aromatic nitrogens is 1. The molecule has 1 aliphatic heterocycles. The van der Waals surface area contributed by atoms with Crippen LogP contribution in [-0.4, -0.2) is 29.5 Å². The lowest BCUT2D eigenvalue weighted by atomic mass is 10.0. The average Bonchev–Trinajstić information content (AvgIpc) is 2.66. The molecule has 0 aliphatic carbocycles. The van der Waals surface area contributed by atoms with E-state index in [1.54, 1.807) is 18.2 Å². The summed E-state index contributed by atoms with van der Waals surface area (Å²) < 4.78 is 29.2. The van der Waals surface area contributed by atoms with Gasteiger partial charge in [-0.2, -0.15) is 0 Å². The Morgan fingerprint density at radius 1 is 1.10 bits per heavy atom. The van der Waals surface area contributed by atoms with Crippen LogP contribution in [-0.2, 0) is 4.84 Å².